The zero-order valence-corrected chi connectivity index (χ0v) is 23.9. The molecule has 0 bridgehead atoms. The van der Waals surface area contributed by atoms with Crippen LogP contribution in [0.1, 0.15) is 19.8 Å². The summed E-state index contributed by atoms with van der Waals surface area (Å²) in [4.78, 5) is 24.4. The lowest BCUT2D eigenvalue weighted by Gasteiger charge is -2.41. The summed E-state index contributed by atoms with van der Waals surface area (Å²) in [7, 11) is -3.99. The highest BCUT2D eigenvalue weighted by Crippen LogP contribution is 2.42. The number of hydrogen-bond acceptors (Lipinski definition) is 10. The van der Waals surface area contributed by atoms with E-state index >= 15 is 0 Å². The number of anilines is 2. The highest BCUT2D eigenvalue weighted by Gasteiger charge is 2.47. The van der Waals surface area contributed by atoms with Gasteiger partial charge in [0.15, 0.2) is 0 Å². The lowest BCUT2D eigenvalue weighted by atomic mass is 9.73. The molecule has 1 spiro atoms. The van der Waals surface area contributed by atoms with Gasteiger partial charge in [-0.1, -0.05) is 29.4 Å². The lowest BCUT2D eigenvalue weighted by Crippen LogP contribution is -2.50. The number of urea groups is 1. The van der Waals surface area contributed by atoms with Crippen LogP contribution in [0.15, 0.2) is 40.5 Å². The van der Waals surface area contributed by atoms with Crippen molar-refractivity contribution in [2.75, 3.05) is 56.2 Å². The molecule has 4 N–H and O–H groups in total. The van der Waals surface area contributed by atoms with Gasteiger partial charge in [0.25, 0.3) is 0 Å². The Hall–Kier alpha value is -2.20. The van der Waals surface area contributed by atoms with Crippen LogP contribution in [0.2, 0.25) is 5.02 Å². The number of aromatic nitrogens is 2. The molecule has 4 heterocycles. The van der Waals surface area contributed by atoms with Crippen LogP contribution in [0.3, 0.4) is 0 Å². The second-order valence-corrected chi connectivity index (χ2v) is 13.0. The molecule has 0 saturated carbocycles. The van der Waals surface area contributed by atoms with Crippen molar-refractivity contribution in [3.63, 3.8) is 0 Å². The van der Waals surface area contributed by atoms with E-state index in [1.54, 1.807) is 30.6 Å². The van der Waals surface area contributed by atoms with Crippen LogP contribution in [0.5, 0.6) is 0 Å². The summed E-state index contributed by atoms with van der Waals surface area (Å²) in [6.07, 6.45) is 5.43. The number of morpholine rings is 1. The summed E-state index contributed by atoms with van der Waals surface area (Å²) in [5.41, 5.74) is 6.74. The van der Waals surface area contributed by atoms with Gasteiger partial charge in [0, 0.05) is 42.5 Å². The number of carbonyl (C=O) groups excluding carboxylic acids is 1. The fourth-order valence-electron chi connectivity index (χ4n) is 5.09. The largest absolute Gasteiger partial charge is 0.379 e. The normalized spacial score (nSPS) is 23.6. The maximum absolute atomic E-state index is 12.4. The first-order valence-electron chi connectivity index (χ1n) is 12.7. The molecule has 0 aliphatic carbocycles. The van der Waals surface area contributed by atoms with Crippen LogP contribution in [0.4, 0.5) is 16.3 Å². The molecule has 0 unspecified atom stereocenters. The number of piperidine rings is 1. The molecule has 2 atom stereocenters. The summed E-state index contributed by atoms with van der Waals surface area (Å²) < 4.78 is 39.0. The van der Waals surface area contributed by atoms with Crippen molar-refractivity contribution >= 4 is 51.1 Å². The van der Waals surface area contributed by atoms with Crippen LogP contribution in [-0.4, -0.2) is 86.9 Å². The number of rotatable bonds is 6. The highest BCUT2D eigenvalue weighted by atomic mass is 35.5. The van der Waals surface area contributed by atoms with Gasteiger partial charge < -0.3 is 25.4 Å². The van der Waals surface area contributed by atoms with E-state index in [9.17, 15) is 13.2 Å². The number of carbonyl (C=O) groups is 1. The van der Waals surface area contributed by atoms with Crippen molar-refractivity contribution in [3.05, 3.63) is 35.6 Å². The maximum Gasteiger partial charge on any atom is 0.333 e. The molecule has 212 valence electrons. The first-order chi connectivity index (χ1) is 18.7. The fraction of sp³-hybridized carbons (Fsp3) is 0.542. The van der Waals surface area contributed by atoms with Gasteiger partial charge in [-0.05, 0) is 31.9 Å². The Morgan fingerprint density at radius 1 is 1.18 bits per heavy atom. The molecule has 0 radical (unpaired) electrons. The van der Waals surface area contributed by atoms with Crippen LogP contribution in [-0.2, 0) is 19.7 Å². The summed E-state index contributed by atoms with van der Waals surface area (Å²) in [5, 5.41) is 3.41. The van der Waals surface area contributed by atoms with E-state index in [1.807, 2.05) is 11.6 Å². The summed E-state index contributed by atoms with van der Waals surface area (Å²) in [6.45, 7) is 5.34. The van der Waals surface area contributed by atoms with Crippen LogP contribution in [0.25, 0.3) is 0 Å². The van der Waals surface area contributed by atoms with Crippen LogP contribution in [0, 0.1) is 5.41 Å². The molecular formula is C24H32ClN7O5S2. The van der Waals surface area contributed by atoms with Gasteiger partial charge in [0.1, 0.15) is 10.8 Å². The molecule has 5 rings (SSSR count). The minimum Gasteiger partial charge on any atom is -0.379 e. The van der Waals surface area contributed by atoms with E-state index in [4.69, 9.17) is 26.8 Å². The van der Waals surface area contributed by atoms with E-state index in [-0.39, 0.29) is 54.6 Å². The Morgan fingerprint density at radius 3 is 2.56 bits per heavy atom. The van der Waals surface area contributed by atoms with Crippen molar-refractivity contribution in [2.24, 2.45) is 11.1 Å². The number of hydrogen-bond donors (Lipinski definition) is 3. The van der Waals surface area contributed by atoms with Gasteiger partial charge in [0.05, 0.1) is 49.0 Å². The van der Waals surface area contributed by atoms with Crippen LogP contribution >= 0.6 is 23.4 Å². The standard InChI is InChI=1S/C24H32ClN7O5S2/c1-16-22(26)24(15-37-16)5-7-31(8-6-24)19-13-28-20(14-27-19)38-18-4-2-3-17(21(18)25)29-23(33)30-39(34,35)32-9-11-36-12-10-32/h2-4,13-14,16,22H,5-12,15,26H2,1H3,(H2,29,30,33)/t16-,22+/m0/s1. The first-order valence-corrected chi connectivity index (χ1v) is 15.4. The first kappa shape index (κ1) is 28.3. The van der Waals surface area contributed by atoms with Crippen molar-refractivity contribution in [1.29, 1.82) is 0 Å². The topological polar surface area (TPSA) is 152 Å². The van der Waals surface area contributed by atoms with Crippen molar-refractivity contribution in [2.45, 2.75) is 41.8 Å². The predicted molar refractivity (Wildman–Crippen MR) is 148 cm³/mol. The number of benzene rings is 1. The second kappa shape index (κ2) is 11.7. The van der Waals surface area contributed by atoms with E-state index in [2.05, 4.69) is 20.2 Å². The molecule has 2 amide bonds. The van der Waals surface area contributed by atoms with Gasteiger partial charge in [-0.3, -0.25) is 0 Å². The average molecular weight is 598 g/mol. The smallest absolute Gasteiger partial charge is 0.333 e. The van der Waals surface area contributed by atoms with Gasteiger partial charge in [-0.25, -0.2) is 19.5 Å². The number of amides is 2. The number of nitrogens with zero attached hydrogens (tertiary/aromatic N) is 4. The van der Waals surface area contributed by atoms with Gasteiger partial charge in [-0.2, -0.15) is 12.7 Å². The third kappa shape index (κ3) is 6.26. The molecule has 1 aromatic carbocycles. The van der Waals surface area contributed by atoms with E-state index < -0.39 is 16.2 Å². The predicted octanol–water partition coefficient (Wildman–Crippen LogP) is 2.31. The SMILES string of the molecule is C[C@@H]1OCC2(CCN(c3cnc(Sc4cccc(NC(=O)NS(=O)(=O)N5CCOCC5)c4Cl)cn3)CC2)[C@@H]1N. The number of nitrogens with two attached hydrogens (primary N) is 1. The molecule has 3 saturated heterocycles. The van der Waals surface area contributed by atoms with E-state index in [0.29, 0.717) is 16.5 Å². The summed E-state index contributed by atoms with van der Waals surface area (Å²) in [5.74, 6) is 0.800. The quantitative estimate of drug-likeness (QED) is 0.452. The van der Waals surface area contributed by atoms with Gasteiger partial charge >= 0.3 is 16.2 Å². The molecule has 39 heavy (non-hydrogen) atoms. The number of nitrogens with one attached hydrogen (secondary N) is 2. The van der Waals surface area contributed by atoms with Gasteiger partial charge in [0.2, 0.25) is 0 Å². The zero-order valence-electron chi connectivity index (χ0n) is 21.5. The van der Waals surface area contributed by atoms with Crippen molar-refractivity contribution in [1.82, 2.24) is 19.0 Å². The van der Waals surface area contributed by atoms with Crippen molar-refractivity contribution < 1.29 is 22.7 Å². The van der Waals surface area contributed by atoms with E-state index in [0.717, 1.165) is 36.1 Å². The second-order valence-electron chi connectivity index (χ2n) is 9.90. The summed E-state index contributed by atoms with van der Waals surface area (Å²) in [6, 6.07) is 4.24. The molecule has 3 aliphatic rings. The Balaban J connectivity index is 1.18. The van der Waals surface area contributed by atoms with Crippen molar-refractivity contribution in [3.8, 4) is 0 Å². The Bertz CT molecular complexity index is 1290. The lowest BCUT2D eigenvalue weighted by molar-refractivity contribution is 0.0726. The minimum atomic E-state index is -3.99. The molecule has 2 aromatic rings. The molecule has 3 fully saturated rings. The number of ether oxygens (including phenoxy) is 2. The molecule has 3 aliphatic heterocycles. The third-order valence-corrected chi connectivity index (χ3v) is 10.5. The van der Waals surface area contributed by atoms with Gasteiger partial charge in [-0.15, -0.1) is 0 Å². The average Bonchev–Trinajstić information content (AvgIpc) is 3.20. The summed E-state index contributed by atoms with van der Waals surface area (Å²) >= 11 is 7.83. The zero-order chi connectivity index (χ0) is 27.6. The molecule has 15 heteroatoms. The Kier molecular flexibility index (Phi) is 8.52. The molecular weight excluding hydrogens is 566 g/mol. The number of halogens is 1. The monoisotopic (exact) mass is 597 g/mol. The third-order valence-electron chi connectivity index (χ3n) is 7.50. The van der Waals surface area contributed by atoms with Crippen LogP contribution < -0.4 is 20.7 Å². The fourth-order valence-corrected chi connectivity index (χ4v) is 7.21. The minimum absolute atomic E-state index is 0.0402. The maximum atomic E-state index is 12.4. The van der Waals surface area contributed by atoms with E-state index in [1.165, 1.54) is 11.8 Å². The highest BCUT2D eigenvalue weighted by molar-refractivity contribution is 7.99. The molecule has 12 nitrogen and oxygen atoms in total. The Labute approximate surface area is 237 Å². The Morgan fingerprint density at radius 2 is 1.92 bits per heavy atom. The molecule has 1 aromatic heterocycles.